The van der Waals surface area contributed by atoms with Gasteiger partial charge in [0.05, 0.1) is 22.0 Å². The van der Waals surface area contributed by atoms with Crippen molar-refractivity contribution in [2.45, 2.75) is 68.0 Å². The van der Waals surface area contributed by atoms with Crippen molar-refractivity contribution in [2.75, 3.05) is 18.0 Å². The van der Waals surface area contributed by atoms with Crippen LogP contribution in [0.15, 0.2) is 52.7 Å². The number of nitrogens with one attached hydrogen (secondary N) is 1. The minimum atomic E-state index is -4.63. The van der Waals surface area contributed by atoms with Crippen LogP contribution in [0.4, 0.5) is 32.6 Å². The molecule has 3 atom stereocenters. The number of halogens is 6. The summed E-state index contributed by atoms with van der Waals surface area (Å²) >= 11 is 6.62. The van der Waals surface area contributed by atoms with E-state index in [0.717, 1.165) is 25.0 Å². The number of alkyl halides is 5. The maximum Gasteiger partial charge on any atom is 0.432 e. The molecule has 2 amide bonds. The molecule has 0 spiro atoms. The monoisotopic (exact) mass is 663 g/mol. The van der Waals surface area contributed by atoms with Gasteiger partial charge in [-0.05, 0) is 68.7 Å². The summed E-state index contributed by atoms with van der Waals surface area (Å²) < 4.78 is 94.7. The summed E-state index contributed by atoms with van der Waals surface area (Å²) in [5, 5.41) is 2.57. The number of urea groups is 1. The van der Waals surface area contributed by atoms with Gasteiger partial charge in [0.1, 0.15) is 11.9 Å². The Morgan fingerprint density at radius 2 is 1.86 bits per heavy atom. The summed E-state index contributed by atoms with van der Waals surface area (Å²) in [6.45, 7) is 2.55. The average Bonchev–Trinajstić information content (AvgIpc) is 3.63. The highest BCUT2D eigenvalue weighted by molar-refractivity contribution is 7.88. The van der Waals surface area contributed by atoms with Crippen molar-refractivity contribution >= 4 is 44.8 Å². The molecule has 7 nitrogen and oxygen atoms in total. The van der Waals surface area contributed by atoms with Gasteiger partial charge < -0.3 is 10.2 Å². The molecule has 3 aromatic rings. The molecule has 1 aromatic carbocycles. The summed E-state index contributed by atoms with van der Waals surface area (Å²) in [7, 11) is -4.63. The zero-order valence-electron chi connectivity index (χ0n) is 23.2. The van der Waals surface area contributed by atoms with Crippen LogP contribution in [0.3, 0.4) is 0 Å². The van der Waals surface area contributed by atoms with E-state index in [1.54, 1.807) is 12.1 Å². The number of carbonyl (C=O) groups excluding carboxylic acids is 1. The van der Waals surface area contributed by atoms with Crippen molar-refractivity contribution in [3.05, 3.63) is 64.0 Å². The van der Waals surface area contributed by atoms with Gasteiger partial charge >= 0.3 is 28.2 Å². The Morgan fingerprint density at radius 3 is 2.40 bits per heavy atom. The molecule has 2 aromatic heterocycles. The second-order valence-electron chi connectivity index (χ2n) is 11.0. The van der Waals surface area contributed by atoms with E-state index < -0.39 is 56.6 Å². The van der Waals surface area contributed by atoms with Gasteiger partial charge in [-0.1, -0.05) is 23.7 Å². The number of amides is 2. The lowest BCUT2D eigenvalue weighted by Gasteiger charge is -2.33. The van der Waals surface area contributed by atoms with Crippen LogP contribution < -0.4 is 10.2 Å². The molecule has 2 saturated heterocycles. The van der Waals surface area contributed by atoms with Crippen LogP contribution in [-0.2, 0) is 22.7 Å². The Kier molecular flexibility index (Phi) is 8.29. The lowest BCUT2D eigenvalue weighted by Crippen LogP contribution is -2.62. The summed E-state index contributed by atoms with van der Waals surface area (Å²) in [6, 6.07) is 8.08. The molecule has 4 heterocycles. The van der Waals surface area contributed by atoms with Crippen LogP contribution in [0.1, 0.15) is 44.2 Å². The van der Waals surface area contributed by atoms with Crippen molar-refractivity contribution in [1.82, 2.24) is 10.3 Å². The van der Waals surface area contributed by atoms with Crippen LogP contribution >= 0.6 is 22.9 Å². The topological polar surface area (TPSA) is 79.4 Å². The summed E-state index contributed by atoms with van der Waals surface area (Å²) in [4.78, 5) is 20.5. The Labute approximate surface area is 254 Å². The van der Waals surface area contributed by atoms with E-state index in [0.29, 0.717) is 40.5 Å². The standard InChI is InChI=1S/C28H28ClF5N4O3S2/c1-17-4-3-11-37(17)24-13-19(12-22(36-24)20-5-7-21(8-6-20)28(32,33)34)15-35-26(39)38(16-27(30,31)14-18(38)2)43(40,41)25-10-9-23(29)42-25/h5-10,12-13,17-18H,3-4,11,14-16H2,1-2H3/p+1/t17?,18-,38?/m1/s1. The molecule has 2 unspecified atom stereocenters. The summed E-state index contributed by atoms with van der Waals surface area (Å²) in [6.07, 6.45) is -3.49. The maximum atomic E-state index is 14.7. The minimum Gasteiger partial charge on any atom is -0.354 e. The lowest BCUT2D eigenvalue weighted by molar-refractivity contribution is -0.738. The number of thiophene rings is 1. The third-order valence-electron chi connectivity index (χ3n) is 8.02. The second-order valence-corrected chi connectivity index (χ2v) is 15.0. The van der Waals surface area contributed by atoms with E-state index >= 15 is 0 Å². The number of hydrogen-bond donors (Lipinski definition) is 1. The quantitative estimate of drug-likeness (QED) is 0.221. The fourth-order valence-corrected chi connectivity index (χ4v) is 9.58. The smallest absolute Gasteiger partial charge is 0.354 e. The van der Waals surface area contributed by atoms with E-state index in [1.165, 1.54) is 31.2 Å². The predicted molar refractivity (Wildman–Crippen MR) is 154 cm³/mol. The first-order valence-corrected chi connectivity index (χ1v) is 16.2. The fraction of sp³-hybridized carbons (Fsp3) is 0.429. The zero-order chi connectivity index (χ0) is 31.4. The average molecular weight is 664 g/mol. The van der Waals surface area contributed by atoms with Gasteiger partial charge in [-0.3, -0.25) is 0 Å². The molecule has 0 bridgehead atoms. The Morgan fingerprint density at radius 1 is 1.16 bits per heavy atom. The van der Waals surface area contributed by atoms with Crippen LogP contribution in [-0.4, -0.2) is 54.4 Å². The molecule has 15 heteroatoms. The van der Waals surface area contributed by atoms with Gasteiger partial charge in [0.2, 0.25) is 0 Å². The molecule has 2 aliphatic heterocycles. The number of aromatic nitrogens is 1. The number of nitrogens with zero attached hydrogens (tertiary/aromatic N) is 3. The largest absolute Gasteiger partial charge is 0.432 e. The predicted octanol–water partition coefficient (Wildman–Crippen LogP) is 7.31. The van der Waals surface area contributed by atoms with Gasteiger partial charge in [0, 0.05) is 24.7 Å². The number of anilines is 1. The number of pyridine rings is 1. The number of sulfonamides is 1. The van der Waals surface area contributed by atoms with Crippen LogP contribution in [0.25, 0.3) is 11.3 Å². The molecule has 1 N–H and O–H groups in total. The SMILES string of the molecule is CC1CCCN1c1cc(CNC(=O)[N+]2(S(=O)(=O)c3ccc(Cl)s3)CC(F)(F)C[C@H]2C)cc(-c2ccc(C(F)(F)F)cc2)n1. The van der Waals surface area contributed by atoms with Crippen LogP contribution in [0.2, 0.25) is 4.34 Å². The first-order valence-electron chi connectivity index (χ1n) is 13.5. The minimum absolute atomic E-state index is 0.131. The second kappa shape index (κ2) is 11.3. The van der Waals surface area contributed by atoms with E-state index in [-0.39, 0.29) is 21.1 Å². The van der Waals surface area contributed by atoms with Crippen molar-refractivity contribution < 1.29 is 39.1 Å². The third kappa shape index (κ3) is 5.98. The van der Waals surface area contributed by atoms with Gasteiger partial charge in [-0.25, -0.2) is 18.6 Å². The summed E-state index contributed by atoms with van der Waals surface area (Å²) in [5.74, 6) is -2.87. The molecule has 2 aliphatic rings. The third-order valence-corrected chi connectivity index (χ3v) is 12.1. The van der Waals surface area contributed by atoms with Gasteiger partial charge in [-0.15, -0.1) is 15.2 Å². The van der Waals surface area contributed by atoms with Gasteiger partial charge in [0.15, 0.2) is 10.8 Å². The molecule has 2 fully saturated rings. The van der Waals surface area contributed by atoms with Crippen molar-refractivity contribution in [2.24, 2.45) is 0 Å². The van der Waals surface area contributed by atoms with Gasteiger partial charge in [-0.2, -0.15) is 21.6 Å². The first-order chi connectivity index (χ1) is 20.0. The Balaban J connectivity index is 1.50. The molecule has 5 rings (SSSR count). The number of carbonyl (C=O) groups is 1. The molecule has 0 saturated carbocycles. The molecule has 232 valence electrons. The molecule has 43 heavy (non-hydrogen) atoms. The molecular weight excluding hydrogens is 635 g/mol. The van der Waals surface area contributed by atoms with Crippen LogP contribution in [0.5, 0.6) is 0 Å². The highest BCUT2D eigenvalue weighted by atomic mass is 35.5. The fourth-order valence-electron chi connectivity index (χ4n) is 5.83. The van der Waals surface area contributed by atoms with Crippen molar-refractivity contribution in [3.63, 3.8) is 0 Å². The normalized spacial score (nSPS) is 24.0. The van der Waals surface area contributed by atoms with E-state index in [2.05, 4.69) is 10.3 Å². The van der Waals surface area contributed by atoms with Crippen molar-refractivity contribution in [1.29, 1.82) is 0 Å². The number of hydrogen-bond acceptors (Lipinski definition) is 6. The zero-order valence-corrected chi connectivity index (χ0v) is 25.6. The number of likely N-dealkylation sites (tertiary alicyclic amines) is 1. The number of quaternary nitrogens is 1. The highest BCUT2D eigenvalue weighted by Gasteiger charge is 2.66. The van der Waals surface area contributed by atoms with E-state index in [4.69, 9.17) is 11.6 Å². The molecule has 0 aliphatic carbocycles. The van der Waals surface area contributed by atoms with E-state index in [9.17, 15) is 35.2 Å². The molecular formula is C28H29ClF5N4O3S2+. The Bertz CT molecular complexity index is 1630. The summed E-state index contributed by atoms with van der Waals surface area (Å²) in [5.41, 5.74) is 0.413. The highest BCUT2D eigenvalue weighted by Crippen LogP contribution is 2.45. The van der Waals surface area contributed by atoms with Crippen molar-refractivity contribution in [3.8, 4) is 11.3 Å². The first kappa shape index (κ1) is 31.6. The van der Waals surface area contributed by atoms with E-state index in [1.807, 2.05) is 11.8 Å². The lowest BCUT2D eigenvalue weighted by atomic mass is 10.1. The molecule has 0 radical (unpaired) electrons. The van der Waals surface area contributed by atoms with Gasteiger partial charge in [0.25, 0.3) is 0 Å². The Hall–Kier alpha value is -2.81. The van der Waals surface area contributed by atoms with Crippen LogP contribution in [0, 0.1) is 0 Å². The number of benzene rings is 1. The number of rotatable bonds is 6. The maximum absolute atomic E-state index is 14.7.